The first-order valence-electron chi connectivity index (χ1n) is 7.23. The van der Waals surface area contributed by atoms with Crippen LogP contribution in [0.3, 0.4) is 0 Å². The van der Waals surface area contributed by atoms with Crippen LogP contribution < -0.4 is 0 Å². The van der Waals surface area contributed by atoms with Crippen LogP contribution in [0.4, 0.5) is 8.78 Å². The number of allylic oxidation sites excluding steroid dienone is 4. The highest BCUT2D eigenvalue weighted by Gasteiger charge is 2.23. The molecule has 0 saturated carbocycles. The number of rotatable bonds is 3. The number of benzene rings is 2. The van der Waals surface area contributed by atoms with Gasteiger partial charge in [0.15, 0.2) is 9.84 Å². The van der Waals surface area contributed by atoms with Gasteiger partial charge in [0.05, 0.1) is 0 Å². The average molecular weight is 490 g/mol. The van der Waals surface area contributed by atoms with Crippen molar-refractivity contribution in [3.05, 3.63) is 74.2 Å². The molecular formula is C18H12Br2F2O2S. The van der Waals surface area contributed by atoms with Crippen LogP contribution in [0, 0.1) is 11.6 Å². The molecule has 0 radical (unpaired) electrons. The molecule has 0 bridgehead atoms. The van der Waals surface area contributed by atoms with E-state index >= 15 is 0 Å². The van der Waals surface area contributed by atoms with E-state index in [1.807, 2.05) is 30.4 Å². The fraction of sp³-hybridized carbons (Fsp3) is 0.111. The largest absolute Gasteiger partial charge is 0.224 e. The molecule has 0 N–H and O–H groups in total. The lowest BCUT2D eigenvalue weighted by Gasteiger charge is -2.11. The van der Waals surface area contributed by atoms with Gasteiger partial charge in [-0.2, -0.15) is 0 Å². The van der Waals surface area contributed by atoms with Crippen LogP contribution in [0.1, 0.15) is 17.5 Å². The van der Waals surface area contributed by atoms with Gasteiger partial charge >= 0.3 is 0 Å². The van der Waals surface area contributed by atoms with Gasteiger partial charge in [0.1, 0.15) is 16.5 Å². The van der Waals surface area contributed by atoms with Gasteiger partial charge in [-0.15, -0.1) is 0 Å². The summed E-state index contributed by atoms with van der Waals surface area (Å²) in [6, 6.07) is 7.85. The minimum Gasteiger partial charge on any atom is -0.224 e. The normalized spacial score (nSPS) is 14.4. The molecule has 7 heteroatoms. The molecule has 2 aromatic rings. The molecule has 25 heavy (non-hydrogen) atoms. The Morgan fingerprint density at radius 1 is 0.960 bits per heavy atom. The summed E-state index contributed by atoms with van der Waals surface area (Å²) in [5.41, 5.74) is 2.82. The fourth-order valence-electron chi connectivity index (χ4n) is 2.80. The predicted octanol–water partition coefficient (Wildman–Crippen LogP) is 5.76. The molecule has 0 aromatic heterocycles. The second-order valence-corrected chi connectivity index (χ2v) is 9.33. The van der Waals surface area contributed by atoms with Crippen molar-refractivity contribution >= 4 is 52.8 Å². The first-order chi connectivity index (χ1) is 11.7. The third-order valence-corrected chi connectivity index (χ3v) is 6.89. The van der Waals surface area contributed by atoms with E-state index in [0.717, 1.165) is 44.0 Å². The van der Waals surface area contributed by atoms with Crippen molar-refractivity contribution in [2.45, 2.75) is 11.3 Å². The zero-order valence-electron chi connectivity index (χ0n) is 13.0. The smallest absolute Gasteiger partial charge is 0.181 e. The molecule has 0 fully saturated rings. The van der Waals surface area contributed by atoms with Crippen LogP contribution in [0.5, 0.6) is 0 Å². The Labute approximate surface area is 161 Å². The standard InChI is InChI=1S/C18H12Br2F2O2S/c1-25(23,24)18-16(21)8-11(9-17(18)22)13-4-2-3-12(13)10-5-6-14(19)15(20)7-10/h2-3,5-9H,4H2,1H3. The van der Waals surface area contributed by atoms with Gasteiger partial charge in [-0.1, -0.05) is 18.2 Å². The Morgan fingerprint density at radius 3 is 2.16 bits per heavy atom. The zero-order valence-corrected chi connectivity index (χ0v) is 17.0. The number of halogens is 4. The quantitative estimate of drug-likeness (QED) is 0.548. The van der Waals surface area contributed by atoms with Crippen LogP contribution in [0.2, 0.25) is 0 Å². The van der Waals surface area contributed by atoms with Crippen molar-refractivity contribution in [2.75, 3.05) is 6.26 Å². The number of sulfone groups is 1. The molecule has 130 valence electrons. The molecule has 2 aromatic carbocycles. The lowest BCUT2D eigenvalue weighted by Crippen LogP contribution is -2.05. The van der Waals surface area contributed by atoms with Crippen LogP contribution in [-0.2, 0) is 9.84 Å². The lowest BCUT2D eigenvalue weighted by atomic mass is 9.96. The van der Waals surface area contributed by atoms with Crippen molar-refractivity contribution in [1.82, 2.24) is 0 Å². The minimum absolute atomic E-state index is 0.335. The topological polar surface area (TPSA) is 34.1 Å². The second kappa shape index (κ2) is 6.78. The molecule has 0 aliphatic heterocycles. The van der Waals surface area contributed by atoms with E-state index in [1.165, 1.54) is 0 Å². The molecule has 0 amide bonds. The highest BCUT2D eigenvalue weighted by Crippen LogP contribution is 2.38. The SMILES string of the molecule is CS(=O)(=O)c1c(F)cc(C2=C(c3ccc(Br)c(Br)c3)C=CC2)cc1F. The summed E-state index contributed by atoms with van der Waals surface area (Å²) < 4.78 is 53.3. The summed E-state index contributed by atoms with van der Waals surface area (Å²) in [6.07, 6.45) is 5.10. The Hall–Kier alpha value is -1.31. The van der Waals surface area contributed by atoms with Gasteiger partial charge in [0, 0.05) is 15.2 Å². The van der Waals surface area contributed by atoms with Crippen LogP contribution in [0.25, 0.3) is 11.1 Å². The first-order valence-corrected chi connectivity index (χ1v) is 10.7. The van der Waals surface area contributed by atoms with Crippen molar-refractivity contribution in [2.24, 2.45) is 0 Å². The molecule has 0 saturated heterocycles. The summed E-state index contributed by atoms with van der Waals surface area (Å²) >= 11 is 6.85. The van der Waals surface area contributed by atoms with Crippen LogP contribution in [-0.4, -0.2) is 14.7 Å². The molecular weight excluding hydrogens is 478 g/mol. The molecule has 1 aliphatic carbocycles. The summed E-state index contributed by atoms with van der Waals surface area (Å²) in [4.78, 5) is -0.893. The van der Waals surface area contributed by atoms with Crippen molar-refractivity contribution in [1.29, 1.82) is 0 Å². The van der Waals surface area contributed by atoms with E-state index in [1.54, 1.807) is 0 Å². The molecule has 0 unspecified atom stereocenters. The maximum atomic E-state index is 14.2. The van der Waals surface area contributed by atoms with Gasteiger partial charge in [0.25, 0.3) is 0 Å². The monoisotopic (exact) mass is 488 g/mol. The average Bonchev–Trinajstić information content (AvgIpc) is 2.97. The Morgan fingerprint density at radius 2 is 1.60 bits per heavy atom. The highest BCUT2D eigenvalue weighted by atomic mass is 79.9. The van der Waals surface area contributed by atoms with E-state index in [-0.39, 0.29) is 0 Å². The van der Waals surface area contributed by atoms with Gasteiger partial charge in [-0.05, 0) is 84.8 Å². The van der Waals surface area contributed by atoms with Gasteiger partial charge < -0.3 is 0 Å². The van der Waals surface area contributed by atoms with E-state index in [9.17, 15) is 17.2 Å². The molecule has 0 heterocycles. The Bertz CT molecular complexity index is 1020. The summed E-state index contributed by atoms with van der Waals surface area (Å²) in [5, 5.41) is 0. The van der Waals surface area contributed by atoms with Crippen LogP contribution in [0.15, 0.2) is 56.3 Å². The Balaban J connectivity index is 2.16. The molecule has 2 nitrogen and oxygen atoms in total. The number of hydrogen-bond donors (Lipinski definition) is 0. The van der Waals surface area contributed by atoms with Crippen LogP contribution >= 0.6 is 31.9 Å². The molecule has 0 spiro atoms. The summed E-state index contributed by atoms with van der Waals surface area (Å²) in [6.45, 7) is 0. The maximum Gasteiger partial charge on any atom is 0.181 e. The zero-order chi connectivity index (χ0) is 18.4. The van der Waals surface area contributed by atoms with Crippen molar-refractivity contribution in [3.63, 3.8) is 0 Å². The fourth-order valence-corrected chi connectivity index (χ4v) is 4.25. The molecule has 0 atom stereocenters. The van der Waals surface area contributed by atoms with Gasteiger partial charge in [-0.3, -0.25) is 0 Å². The second-order valence-electron chi connectivity index (χ2n) is 5.67. The minimum atomic E-state index is -3.97. The van der Waals surface area contributed by atoms with Crippen molar-refractivity contribution in [3.8, 4) is 0 Å². The summed E-state index contributed by atoms with van der Waals surface area (Å²) in [5.74, 6) is -2.15. The van der Waals surface area contributed by atoms with E-state index in [0.29, 0.717) is 12.0 Å². The van der Waals surface area contributed by atoms with E-state index < -0.39 is 26.4 Å². The highest BCUT2D eigenvalue weighted by molar-refractivity contribution is 9.13. The van der Waals surface area contributed by atoms with Gasteiger partial charge in [-0.25, -0.2) is 17.2 Å². The maximum absolute atomic E-state index is 14.2. The van der Waals surface area contributed by atoms with Crippen molar-refractivity contribution < 1.29 is 17.2 Å². The third-order valence-electron chi connectivity index (χ3n) is 3.88. The summed E-state index contributed by atoms with van der Waals surface area (Å²) in [7, 11) is -3.97. The third kappa shape index (κ3) is 3.64. The Kier molecular flexibility index (Phi) is 5.01. The first kappa shape index (κ1) is 18.5. The molecule has 3 rings (SSSR count). The van der Waals surface area contributed by atoms with E-state index in [4.69, 9.17) is 0 Å². The predicted molar refractivity (Wildman–Crippen MR) is 102 cm³/mol. The molecule has 1 aliphatic rings. The number of hydrogen-bond acceptors (Lipinski definition) is 2. The lowest BCUT2D eigenvalue weighted by molar-refractivity contribution is 0.520. The van der Waals surface area contributed by atoms with E-state index in [2.05, 4.69) is 31.9 Å². The van der Waals surface area contributed by atoms with Gasteiger partial charge in [0.2, 0.25) is 0 Å².